The number of imidazole rings is 1. The van der Waals surface area contributed by atoms with Gasteiger partial charge in [0.25, 0.3) is 0 Å². The van der Waals surface area contributed by atoms with Crippen LogP contribution >= 0.6 is 0 Å². The lowest BCUT2D eigenvalue weighted by atomic mass is 10.2. The molecule has 0 unspecified atom stereocenters. The largest absolute Gasteiger partial charge is 0.466 e. The number of aryl methyl sites for hydroxylation is 1. The minimum Gasteiger partial charge on any atom is -0.466 e. The minimum absolute atomic E-state index is 0.157. The Hall–Kier alpha value is -1.92. The molecule has 0 saturated heterocycles. The molecule has 1 rings (SSSR count). The van der Waals surface area contributed by atoms with Crippen LogP contribution in [0, 0.1) is 10.1 Å². The second-order valence-electron chi connectivity index (χ2n) is 3.49. The van der Waals surface area contributed by atoms with Crippen LogP contribution in [0.2, 0.25) is 0 Å². The van der Waals surface area contributed by atoms with Crippen molar-refractivity contribution in [3.63, 3.8) is 0 Å². The summed E-state index contributed by atoms with van der Waals surface area (Å²) in [7, 11) is 0. The Morgan fingerprint density at radius 3 is 2.94 bits per heavy atom. The van der Waals surface area contributed by atoms with Gasteiger partial charge in [0.2, 0.25) is 6.33 Å². The molecule has 0 radical (unpaired) electrons. The zero-order valence-electron chi connectivity index (χ0n) is 9.66. The molecule has 0 fully saturated rings. The van der Waals surface area contributed by atoms with E-state index < -0.39 is 4.92 Å². The molecule has 7 nitrogen and oxygen atoms in total. The predicted octanol–water partition coefficient (Wildman–Crippen LogP) is 1.52. The smallest absolute Gasteiger partial charge is 0.381 e. The number of carbonyl (C=O) groups excluding carboxylic acids is 1. The van der Waals surface area contributed by atoms with Crippen LogP contribution in [0.1, 0.15) is 26.2 Å². The van der Waals surface area contributed by atoms with Gasteiger partial charge in [-0.05, 0) is 29.7 Å². The van der Waals surface area contributed by atoms with E-state index in [0.717, 1.165) is 6.42 Å². The first-order chi connectivity index (χ1) is 8.13. The molecular weight excluding hydrogens is 226 g/mol. The molecule has 1 heterocycles. The Morgan fingerprint density at radius 2 is 2.35 bits per heavy atom. The van der Waals surface area contributed by atoms with E-state index in [4.69, 9.17) is 4.74 Å². The van der Waals surface area contributed by atoms with Crippen LogP contribution in [-0.4, -0.2) is 27.1 Å². The molecule has 0 aliphatic heterocycles. The normalized spacial score (nSPS) is 10.2. The van der Waals surface area contributed by atoms with Gasteiger partial charge in [0, 0.05) is 13.0 Å². The molecule has 7 heteroatoms. The number of esters is 1. The molecular formula is C10H15N3O4. The lowest BCUT2D eigenvalue weighted by molar-refractivity contribution is -0.389. The van der Waals surface area contributed by atoms with Gasteiger partial charge in [0.15, 0.2) is 0 Å². The summed E-state index contributed by atoms with van der Waals surface area (Å²) in [6.45, 7) is 2.77. The molecule has 0 saturated carbocycles. The molecule has 0 aromatic carbocycles. The molecule has 94 valence electrons. The molecule has 1 aromatic rings. The Balaban J connectivity index is 2.22. The fourth-order valence-corrected chi connectivity index (χ4v) is 1.36. The lowest BCUT2D eigenvalue weighted by Crippen LogP contribution is -2.04. The molecule has 0 spiro atoms. The Bertz CT molecular complexity index is 389. The van der Waals surface area contributed by atoms with Crippen molar-refractivity contribution in [1.82, 2.24) is 9.55 Å². The first-order valence-corrected chi connectivity index (χ1v) is 5.45. The van der Waals surface area contributed by atoms with E-state index in [2.05, 4.69) is 4.98 Å². The van der Waals surface area contributed by atoms with Gasteiger partial charge < -0.3 is 19.4 Å². The summed E-state index contributed by atoms with van der Waals surface area (Å²) in [5.41, 5.74) is 0. The third-order valence-electron chi connectivity index (χ3n) is 2.16. The van der Waals surface area contributed by atoms with Crippen LogP contribution in [0.4, 0.5) is 5.82 Å². The number of rotatable bonds is 7. The monoisotopic (exact) mass is 241 g/mol. The molecule has 0 N–H and O–H groups in total. The van der Waals surface area contributed by atoms with Crippen molar-refractivity contribution in [3.8, 4) is 0 Å². The molecule has 0 bridgehead atoms. The van der Waals surface area contributed by atoms with Gasteiger partial charge in [-0.3, -0.25) is 4.79 Å². The zero-order chi connectivity index (χ0) is 12.7. The van der Waals surface area contributed by atoms with Crippen molar-refractivity contribution < 1.29 is 14.5 Å². The van der Waals surface area contributed by atoms with Gasteiger partial charge >= 0.3 is 11.8 Å². The number of aromatic nitrogens is 2. The third kappa shape index (κ3) is 4.62. The molecule has 0 aliphatic rings. The molecule has 0 atom stereocenters. The molecule has 17 heavy (non-hydrogen) atoms. The first-order valence-electron chi connectivity index (χ1n) is 5.45. The van der Waals surface area contributed by atoms with E-state index in [1.165, 1.54) is 12.5 Å². The van der Waals surface area contributed by atoms with Gasteiger partial charge in [0.1, 0.15) is 6.20 Å². The highest BCUT2D eigenvalue weighted by atomic mass is 16.6. The summed E-state index contributed by atoms with van der Waals surface area (Å²) >= 11 is 0. The third-order valence-corrected chi connectivity index (χ3v) is 2.16. The number of ether oxygens (including phenoxy) is 1. The van der Waals surface area contributed by atoms with Crippen molar-refractivity contribution in [2.24, 2.45) is 0 Å². The standard InChI is InChI=1S/C10H15N3O4/c1-2-17-10(14)5-3-4-6-12-7-9(11-8-12)13(15)16/h7-8H,2-6H2,1H3. The SMILES string of the molecule is CCOC(=O)CCCCn1cnc([N+](=O)[O-])c1. The topological polar surface area (TPSA) is 87.3 Å². The summed E-state index contributed by atoms with van der Waals surface area (Å²) < 4.78 is 6.42. The fourth-order valence-electron chi connectivity index (χ4n) is 1.36. The van der Waals surface area contributed by atoms with E-state index in [1.807, 2.05) is 0 Å². The van der Waals surface area contributed by atoms with Crippen molar-refractivity contribution >= 4 is 11.8 Å². The number of hydrogen-bond donors (Lipinski definition) is 0. The minimum atomic E-state index is -0.533. The van der Waals surface area contributed by atoms with Crippen molar-refractivity contribution in [2.75, 3.05) is 6.61 Å². The molecule has 0 aliphatic carbocycles. The van der Waals surface area contributed by atoms with Gasteiger partial charge in [0.05, 0.1) is 6.61 Å². The Kier molecular flexibility index (Phi) is 5.12. The van der Waals surface area contributed by atoms with E-state index in [1.54, 1.807) is 11.5 Å². The first kappa shape index (κ1) is 13.1. The second kappa shape index (κ2) is 6.62. The quantitative estimate of drug-likeness (QED) is 0.312. The predicted molar refractivity (Wildman–Crippen MR) is 59.4 cm³/mol. The maximum Gasteiger partial charge on any atom is 0.381 e. The van der Waals surface area contributed by atoms with Crippen LogP contribution < -0.4 is 0 Å². The number of hydrogen-bond acceptors (Lipinski definition) is 5. The van der Waals surface area contributed by atoms with Gasteiger partial charge in [-0.25, -0.2) is 0 Å². The maximum absolute atomic E-state index is 11.0. The average molecular weight is 241 g/mol. The zero-order valence-corrected chi connectivity index (χ0v) is 9.66. The van der Waals surface area contributed by atoms with E-state index in [0.29, 0.717) is 26.0 Å². The van der Waals surface area contributed by atoms with E-state index in [-0.39, 0.29) is 11.8 Å². The van der Waals surface area contributed by atoms with Crippen LogP contribution in [0.5, 0.6) is 0 Å². The summed E-state index contributed by atoms with van der Waals surface area (Å²) in [5.74, 6) is -0.362. The molecule has 1 aromatic heterocycles. The second-order valence-corrected chi connectivity index (χ2v) is 3.49. The van der Waals surface area contributed by atoms with Crippen LogP contribution in [0.25, 0.3) is 0 Å². The van der Waals surface area contributed by atoms with Crippen LogP contribution in [-0.2, 0) is 16.1 Å². The van der Waals surface area contributed by atoms with Crippen molar-refractivity contribution in [1.29, 1.82) is 0 Å². The van der Waals surface area contributed by atoms with Crippen LogP contribution in [0.3, 0.4) is 0 Å². The highest BCUT2D eigenvalue weighted by Gasteiger charge is 2.09. The van der Waals surface area contributed by atoms with Crippen molar-refractivity contribution in [3.05, 3.63) is 22.6 Å². The van der Waals surface area contributed by atoms with Gasteiger partial charge in [-0.1, -0.05) is 0 Å². The maximum atomic E-state index is 11.0. The van der Waals surface area contributed by atoms with Gasteiger partial charge in [-0.15, -0.1) is 0 Å². The number of nitro groups is 1. The van der Waals surface area contributed by atoms with Gasteiger partial charge in [-0.2, -0.15) is 0 Å². The molecule has 0 amide bonds. The number of unbranched alkanes of at least 4 members (excludes halogenated alkanes) is 1. The highest BCUT2D eigenvalue weighted by Crippen LogP contribution is 2.07. The number of carbonyl (C=O) groups is 1. The summed E-state index contributed by atoms with van der Waals surface area (Å²) in [4.78, 5) is 24.5. The average Bonchev–Trinajstić information content (AvgIpc) is 2.73. The fraction of sp³-hybridized carbons (Fsp3) is 0.600. The van der Waals surface area contributed by atoms with Crippen LogP contribution in [0.15, 0.2) is 12.5 Å². The lowest BCUT2D eigenvalue weighted by Gasteiger charge is -2.01. The Morgan fingerprint density at radius 1 is 1.59 bits per heavy atom. The summed E-state index contributed by atoms with van der Waals surface area (Å²) in [6.07, 6.45) is 4.63. The van der Waals surface area contributed by atoms with Crippen molar-refractivity contribution in [2.45, 2.75) is 32.7 Å². The van der Waals surface area contributed by atoms with E-state index >= 15 is 0 Å². The summed E-state index contributed by atoms with van der Waals surface area (Å²) in [5, 5.41) is 10.4. The summed E-state index contributed by atoms with van der Waals surface area (Å²) in [6, 6.07) is 0. The Labute approximate surface area is 98.6 Å². The number of nitrogens with zero attached hydrogens (tertiary/aromatic N) is 3. The highest BCUT2D eigenvalue weighted by molar-refractivity contribution is 5.69. The van der Waals surface area contributed by atoms with E-state index in [9.17, 15) is 14.9 Å².